The second-order valence-corrected chi connectivity index (χ2v) is 9.07. The van der Waals surface area contributed by atoms with Crippen LogP contribution in [0.4, 0.5) is 0 Å². The molecule has 36 heavy (non-hydrogen) atoms. The van der Waals surface area contributed by atoms with Crippen molar-refractivity contribution in [2.45, 2.75) is 104 Å². The Bertz CT molecular complexity index is 843. The van der Waals surface area contributed by atoms with E-state index in [1.54, 1.807) is 27.7 Å². The monoisotopic (exact) mass is 516 g/mol. The average Bonchev–Trinajstić information content (AvgIpc) is 2.72. The first-order valence-electron chi connectivity index (χ1n) is 11.4. The zero-order valence-electron chi connectivity index (χ0n) is 22.0. The van der Waals surface area contributed by atoms with Crippen molar-refractivity contribution in [3.05, 3.63) is 12.2 Å². The van der Waals surface area contributed by atoms with Crippen LogP contribution in [0.5, 0.6) is 0 Å². The molecule has 0 unspecified atom stereocenters. The second kappa shape index (κ2) is 13.5. The van der Waals surface area contributed by atoms with Gasteiger partial charge in [0.25, 0.3) is 0 Å². The number of hydrogen-bond donors (Lipinski definition) is 0. The zero-order chi connectivity index (χ0) is 27.8. The van der Waals surface area contributed by atoms with Crippen molar-refractivity contribution in [1.29, 1.82) is 0 Å². The summed E-state index contributed by atoms with van der Waals surface area (Å²) in [4.78, 5) is 59.6. The van der Waals surface area contributed by atoms with Gasteiger partial charge in [0.15, 0.2) is 30.4 Å². The molecule has 0 aromatic rings. The zero-order valence-corrected chi connectivity index (χ0v) is 22.0. The molecule has 0 spiro atoms. The van der Waals surface area contributed by atoms with Gasteiger partial charge < -0.3 is 33.2 Å². The smallest absolute Gasteiger partial charge is 0.303 e. The topological polar surface area (TPSA) is 150 Å². The summed E-state index contributed by atoms with van der Waals surface area (Å²) in [5.41, 5.74) is -0.833. The Balaban J connectivity index is 3.54. The first-order chi connectivity index (χ1) is 16.5. The summed E-state index contributed by atoms with van der Waals surface area (Å²) in [6.07, 6.45) is -8.16. The van der Waals surface area contributed by atoms with E-state index in [9.17, 15) is 24.0 Å². The van der Waals surface area contributed by atoms with Gasteiger partial charge in [-0.3, -0.25) is 24.0 Å². The minimum Gasteiger partial charge on any atom is -0.463 e. The Labute approximate surface area is 210 Å². The summed E-state index contributed by atoms with van der Waals surface area (Å²) >= 11 is 0. The van der Waals surface area contributed by atoms with E-state index in [4.69, 9.17) is 33.2 Å². The largest absolute Gasteiger partial charge is 0.463 e. The predicted octanol–water partition coefficient (Wildman–Crippen LogP) is 1.76. The fourth-order valence-electron chi connectivity index (χ4n) is 3.28. The van der Waals surface area contributed by atoms with Crippen LogP contribution < -0.4 is 0 Å². The van der Waals surface area contributed by atoms with E-state index in [1.165, 1.54) is 0 Å². The molecule has 1 heterocycles. The lowest BCUT2D eigenvalue weighted by atomic mass is 9.98. The van der Waals surface area contributed by atoms with Crippen molar-refractivity contribution in [3.63, 3.8) is 0 Å². The van der Waals surface area contributed by atoms with Crippen LogP contribution in [0.25, 0.3) is 0 Å². The maximum atomic E-state index is 12.4. The fourth-order valence-corrected chi connectivity index (χ4v) is 3.28. The minimum absolute atomic E-state index is 0.0275. The highest BCUT2D eigenvalue weighted by Crippen LogP contribution is 2.32. The minimum atomic E-state index is -1.51. The van der Waals surface area contributed by atoms with Crippen LogP contribution in [0.3, 0.4) is 0 Å². The summed E-state index contributed by atoms with van der Waals surface area (Å²) in [5, 5.41) is 0. The molecule has 6 atom stereocenters. The van der Waals surface area contributed by atoms with Crippen molar-refractivity contribution >= 4 is 29.7 Å². The molecule has 0 aromatic heterocycles. The van der Waals surface area contributed by atoms with Crippen LogP contribution in [0.2, 0.25) is 0 Å². The number of carbonyl (C=O) groups excluding carboxylic acids is 5. The summed E-state index contributed by atoms with van der Waals surface area (Å²) in [5.74, 6) is -3.33. The van der Waals surface area contributed by atoms with Gasteiger partial charge in [0.1, 0.15) is 12.7 Å². The standard InChI is InChI=1S/C24H36O12/c1-10-17(29)12(2)22(36-24(7,8)9)35-23-21(33-16(6)28)20(32-15(5)27)19(31-14(4)26)18(34-23)11-30-13(3)25/h18-23H,2,10-11H2,1,3-9H3/t18-,19-,20+,21-,22+,23+/m1/s1. The molecule has 1 aliphatic heterocycles. The van der Waals surface area contributed by atoms with Gasteiger partial charge in [0, 0.05) is 39.7 Å². The van der Waals surface area contributed by atoms with Crippen LogP contribution in [-0.4, -0.2) is 78.9 Å². The van der Waals surface area contributed by atoms with E-state index in [0.29, 0.717) is 0 Å². The lowest BCUT2D eigenvalue weighted by Gasteiger charge is -2.45. The molecule has 1 rings (SSSR count). The molecule has 0 N–H and O–H groups in total. The third-order valence-corrected chi connectivity index (χ3v) is 4.63. The number of ketones is 1. The Kier molecular flexibility index (Phi) is 11.7. The van der Waals surface area contributed by atoms with Gasteiger partial charge in [-0.25, -0.2) is 0 Å². The predicted molar refractivity (Wildman–Crippen MR) is 122 cm³/mol. The van der Waals surface area contributed by atoms with Gasteiger partial charge in [0.2, 0.25) is 6.29 Å². The fraction of sp³-hybridized carbons (Fsp3) is 0.708. The molecule has 1 fully saturated rings. The molecule has 1 aliphatic rings. The normalized spacial score (nSPS) is 24.7. The van der Waals surface area contributed by atoms with Gasteiger partial charge in [-0.1, -0.05) is 13.5 Å². The van der Waals surface area contributed by atoms with Gasteiger partial charge in [0.05, 0.1) is 5.60 Å². The van der Waals surface area contributed by atoms with E-state index in [0.717, 1.165) is 27.7 Å². The number of carbonyl (C=O) groups is 5. The Hall–Kier alpha value is -2.83. The van der Waals surface area contributed by atoms with Gasteiger partial charge >= 0.3 is 23.9 Å². The molecule has 12 nitrogen and oxygen atoms in total. The Morgan fingerprint density at radius 2 is 1.33 bits per heavy atom. The first kappa shape index (κ1) is 31.2. The third-order valence-electron chi connectivity index (χ3n) is 4.63. The lowest BCUT2D eigenvalue weighted by Crippen LogP contribution is -2.63. The maximum absolute atomic E-state index is 12.4. The van der Waals surface area contributed by atoms with Crippen molar-refractivity contribution in [1.82, 2.24) is 0 Å². The Morgan fingerprint density at radius 3 is 1.78 bits per heavy atom. The van der Waals surface area contributed by atoms with E-state index < -0.39 is 73.1 Å². The first-order valence-corrected chi connectivity index (χ1v) is 11.4. The number of rotatable bonds is 11. The van der Waals surface area contributed by atoms with Gasteiger partial charge in [-0.2, -0.15) is 0 Å². The summed E-state index contributed by atoms with van der Waals surface area (Å²) in [7, 11) is 0. The van der Waals surface area contributed by atoms with E-state index in [1.807, 2.05) is 0 Å². The molecule has 204 valence electrons. The third kappa shape index (κ3) is 10.0. The SMILES string of the molecule is C=C(C(=O)CC)[C@@H](O[C@@H]1O[C@H](COC(C)=O)[C@@H](OC(C)=O)[C@H](OC(C)=O)[C@H]1OC(C)=O)OC(C)(C)C. The molecule has 1 saturated heterocycles. The van der Waals surface area contributed by atoms with Gasteiger partial charge in [-0.05, 0) is 20.8 Å². The highest BCUT2D eigenvalue weighted by Gasteiger charge is 2.53. The highest BCUT2D eigenvalue weighted by atomic mass is 16.8. The molecule has 12 heteroatoms. The van der Waals surface area contributed by atoms with E-state index in [2.05, 4.69) is 6.58 Å². The van der Waals surface area contributed by atoms with Crippen molar-refractivity contribution in [3.8, 4) is 0 Å². The maximum Gasteiger partial charge on any atom is 0.303 e. The summed E-state index contributed by atoms with van der Waals surface area (Å²) in [6.45, 7) is 14.7. The van der Waals surface area contributed by atoms with Crippen LogP contribution in [0.1, 0.15) is 61.8 Å². The van der Waals surface area contributed by atoms with E-state index >= 15 is 0 Å². The summed E-state index contributed by atoms with van der Waals surface area (Å²) in [6, 6.07) is 0. The van der Waals surface area contributed by atoms with Crippen LogP contribution >= 0.6 is 0 Å². The molecule has 0 amide bonds. The average molecular weight is 517 g/mol. The van der Waals surface area contributed by atoms with Crippen molar-refractivity contribution in [2.24, 2.45) is 0 Å². The number of hydrogen-bond acceptors (Lipinski definition) is 12. The van der Waals surface area contributed by atoms with Crippen LogP contribution in [-0.2, 0) is 57.1 Å². The van der Waals surface area contributed by atoms with Crippen LogP contribution in [0, 0.1) is 0 Å². The molecule has 0 aliphatic carbocycles. The van der Waals surface area contributed by atoms with Crippen LogP contribution in [0.15, 0.2) is 12.2 Å². The second-order valence-electron chi connectivity index (χ2n) is 9.07. The molecule has 0 radical (unpaired) electrons. The highest BCUT2D eigenvalue weighted by molar-refractivity contribution is 5.95. The molecular formula is C24H36O12. The molecule has 0 aromatic carbocycles. The quantitative estimate of drug-likeness (QED) is 0.170. The molecule has 0 bridgehead atoms. The van der Waals surface area contributed by atoms with E-state index in [-0.39, 0.29) is 17.8 Å². The summed E-state index contributed by atoms with van der Waals surface area (Å²) < 4.78 is 38.8. The van der Waals surface area contributed by atoms with Crippen molar-refractivity contribution < 1.29 is 57.1 Å². The van der Waals surface area contributed by atoms with Crippen molar-refractivity contribution in [2.75, 3.05) is 6.61 Å². The number of ether oxygens (including phenoxy) is 7. The Morgan fingerprint density at radius 1 is 0.833 bits per heavy atom. The number of Topliss-reactive ketones (excluding diaryl/α,β-unsaturated/α-hetero) is 1. The lowest BCUT2D eigenvalue weighted by molar-refractivity contribution is -0.341. The van der Waals surface area contributed by atoms with Gasteiger partial charge in [-0.15, -0.1) is 0 Å². The molecular weight excluding hydrogens is 480 g/mol. The number of esters is 4. The molecule has 0 saturated carbocycles.